The fourth-order valence-corrected chi connectivity index (χ4v) is 2.19. The van der Waals surface area contributed by atoms with Gasteiger partial charge in [0.25, 0.3) is 0 Å². The van der Waals surface area contributed by atoms with Gasteiger partial charge in [-0.2, -0.15) is 0 Å². The molecular formula is C12H24N2O. The van der Waals surface area contributed by atoms with Crippen molar-refractivity contribution in [2.75, 3.05) is 13.6 Å². The van der Waals surface area contributed by atoms with Crippen molar-refractivity contribution in [2.24, 2.45) is 5.92 Å². The summed E-state index contributed by atoms with van der Waals surface area (Å²) in [4.78, 5) is 11.9. The zero-order chi connectivity index (χ0) is 11.3. The molecule has 15 heavy (non-hydrogen) atoms. The summed E-state index contributed by atoms with van der Waals surface area (Å²) in [5, 5.41) is 6.63. The lowest BCUT2D eigenvalue weighted by Crippen LogP contribution is -2.44. The van der Waals surface area contributed by atoms with E-state index in [4.69, 9.17) is 0 Å². The van der Waals surface area contributed by atoms with Crippen LogP contribution in [0.5, 0.6) is 0 Å². The van der Waals surface area contributed by atoms with Gasteiger partial charge in [-0.05, 0) is 32.9 Å². The van der Waals surface area contributed by atoms with Gasteiger partial charge >= 0.3 is 0 Å². The van der Waals surface area contributed by atoms with Crippen LogP contribution in [0.3, 0.4) is 0 Å². The van der Waals surface area contributed by atoms with Crippen LogP contribution in [0.4, 0.5) is 0 Å². The fraction of sp³-hybridized carbons (Fsp3) is 0.917. The number of carbonyl (C=O) groups is 1. The first-order chi connectivity index (χ1) is 7.15. The molecule has 1 aliphatic rings. The molecule has 1 aliphatic heterocycles. The van der Waals surface area contributed by atoms with Gasteiger partial charge in [0, 0.05) is 12.0 Å². The van der Waals surface area contributed by atoms with Crippen molar-refractivity contribution in [3.63, 3.8) is 0 Å². The number of carbonyl (C=O) groups excluding carboxylic acids is 1. The molecule has 0 radical (unpaired) electrons. The van der Waals surface area contributed by atoms with Gasteiger partial charge in [-0.25, -0.2) is 0 Å². The van der Waals surface area contributed by atoms with Gasteiger partial charge in [-0.1, -0.05) is 20.3 Å². The standard InChI is InChI=1S/C12H24N2O/c1-9(2)12(15)11(13-3)8-10-6-4-5-7-14-10/h9-11,13-14H,4-8H2,1-3H3. The molecule has 0 aromatic heterocycles. The molecule has 0 aromatic carbocycles. The Hall–Kier alpha value is -0.410. The van der Waals surface area contributed by atoms with Crippen molar-refractivity contribution in [2.45, 2.75) is 51.6 Å². The predicted molar refractivity (Wildman–Crippen MR) is 63.0 cm³/mol. The van der Waals surface area contributed by atoms with Crippen LogP contribution >= 0.6 is 0 Å². The number of nitrogens with one attached hydrogen (secondary N) is 2. The summed E-state index contributed by atoms with van der Waals surface area (Å²) in [5.41, 5.74) is 0. The van der Waals surface area contributed by atoms with E-state index < -0.39 is 0 Å². The van der Waals surface area contributed by atoms with E-state index in [2.05, 4.69) is 10.6 Å². The molecule has 0 aromatic rings. The second kappa shape index (κ2) is 6.23. The first-order valence-corrected chi connectivity index (χ1v) is 6.09. The highest BCUT2D eigenvalue weighted by Gasteiger charge is 2.24. The topological polar surface area (TPSA) is 41.1 Å². The highest BCUT2D eigenvalue weighted by Crippen LogP contribution is 2.14. The van der Waals surface area contributed by atoms with Crippen molar-refractivity contribution in [3.05, 3.63) is 0 Å². The van der Waals surface area contributed by atoms with Crippen LogP contribution in [0.15, 0.2) is 0 Å². The number of Topliss-reactive ketones (excluding diaryl/α,β-unsaturated/α-hetero) is 1. The number of rotatable bonds is 5. The molecule has 0 spiro atoms. The number of piperidine rings is 1. The summed E-state index contributed by atoms with van der Waals surface area (Å²) in [5.74, 6) is 0.468. The Balaban J connectivity index is 2.41. The Morgan fingerprint density at radius 3 is 2.67 bits per heavy atom. The van der Waals surface area contributed by atoms with Gasteiger partial charge in [0.15, 0.2) is 5.78 Å². The second-order valence-corrected chi connectivity index (χ2v) is 4.78. The minimum absolute atomic E-state index is 0.0283. The fourth-order valence-electron chi connectivity index (χ4n) is 2.19. The van der Waals surface area contributed by atoms with Crippen LogP contribution < -0.4 is 10.6 Å². The Labute approximate surface area is 93.0 Å². The van der Waals surface area contributed by atoms with Crippen LogP contribution in [0.2, 0.25) is 0 Å². The summed E-state index contributed by atoms with van der Waals surface area (Å²) in [7, 11) is 1.88. The molecule has 0 bridgehead atoms. The Bertz CT molecular complexity index is 198. The van der Waals surface area contributed by atoms with Gasteiger partial charge in [-0.3, -0.25) is 4.79 Å². The molecular weight excluding hydrogens is 188 g/mol. The molecule has 1 saturated heterocycles. The summed E-state index contributed by atoms with van der Waals surface area (Å²) < 4.78 is 0. The van der Waals surface area contributed by atoms with Crippen molar-refractivity contribution in [3.8, 4) is 0 Å². The Morgan fingerprint density at radius 1 is 1.47 bits per heavy atom. The molecule has 88 valence electrons. The largest absolute Gasteiger partial charge is 0.314 e. The lowest BCUT2D eigenvalue weighted by atomic mass is 9.92. The van der Waals surface area contributed by atoms with E-state index >= 15 is 0 Å². The molecule has 1 fully saturated rings. The van der Waals surface area contributed by atoms with Crippen LogP contribution in [-0.4, -0.2) is 31.5 Å². The van der Waals surface area contributed by atoms with E-state index in [1.165, 1.54) is 19.3 Å². The molecule has 1 rings (SSSR count). The number of likely N-dealkylation sites (N-methyl/N-ethyl adjacent to an activating group) is 1. The van der Waals surface area contributed by atoms with Gasteiger partial charge in [0.05, 0.1) is 6.04 Å². The van der Waals surface area contributed by atoms with Crippen LogP contribution in [0.25, 0.3) is 0 Å². The van der Waals surface area contributed by atoms with E-state index in [1.807, 2.05) is 20.9 Å². The van der Waals surface area contributed by atoms with E-state index in [-0.39, 0.29) is 12.0 Å². The molecule has 0 amide bonds. The third-order valence-electron chi connectivity index (χ3n) is 3.19. The number of ketones is 1. The maximum Gasteiger partial charge on any atom is 0.152 e. The average molecular weight is 212 g/mol. The van der Waals surface area contributed by atoms with E-state index in [0.717, 1.165) is 13.0 Å². The third-order valence-corrected chi connectivity index (χ3v) is 3.19. The van der Waals surface area contributed by atoms with Gasteiger partial charge in [0.1, 0.15) is 0 Å². The number of hydrogen-bond donors (Lipinski definition) is 2. The minimum atomic E-state index is 0.0283. The van der Waals surface area contributed by atoms with Crippen LogP contribution in [0.1, 0.15) is 39.5 Å². The van der Waals surface area contributed by atoms with Crippen molar-refractivity contribution in [1.82, 2.24) is 10.6 Å². The molecule has 0 saturated carbocycles. The maximum absolute atomic E-state index is 11.9. The van der Waals surface area contributed by atoms with E-state index in [9.17, 15) is 4.79 Å². The first-order valence-electron chi connectivity index (χ1n) is 6.09. The highest BCUT2D eigenvalue weighted by atomic mass is 16.1. The van der Waals surface area contributed by atoms with Crippen LogP contribution in [0, 0.1) is 5.92 Å². The molecule has 3 nitrogen and oxygen atoms in total. The predicted octanol–water partition coefficient (Wildman–Crippen LogP) is 1.33. The van der Waals surface area contributed by atoms with E-state index in [1.54, 1.807) is 0 Å². The van der Waals surface area contributed by atoms with Crippen LogP contribution in [-0.2, 0) is 4.79 Å². The van der Waals surface area contributed by atoms with E-state index in [0.29, 0.717) is 11.8 Å². The first kappa shape index (κ1) is 12.7. The molecule has 3 heteroatoms. The van der Waals surface area contributed by atoms with Gasteiger partial charge in [-0.15, -0.1) is 0 Å². The lowest BCUT2D eigenvalue weighted by Gasteiger charge is -2.27. The SMILES string of the molecule is CNC(CC1CCCCN1)C(=O)C(C)C. The lowest BCUT2D eigenvalue weighted by molar-refractivity contribution is -0.124. The van der Waals surface area contributed by atoms with Crippen molar-refractivity contribution < 1.29 is 4.79 Å². The van der Waals surface area contributed by atoms with Gasteiger partial charge < -0.3 is 10.6 Å². The smallest absolute Gasteiger partial charge is 0.152 e. The summed E-state index contributed by atoms with van der Waals surface area (Å²) >= 11 is 0. The van der Waals surface area contributed by atoms with Gasteiger partial charge in [0.2, 0.25) is 0 Å². The highest BCUT2D eigenvalue weighted by molar-refractivity contribution is 5.85. The minimum Gasteiger partial charge on any atom is -0.314 e. The molecule has 2 atom stereocenters. The molecule has 2 N–H and O–H groups in total. The zero-order valence-corrected chi connectivity index (χ0v) is 10.2. The summed E-state index contributed by atoms with van der Waals surface area (Å²) in [6.45, 7) is 5.05. The van der Waals surface area contributed by atoms with Crippen molar-refractivity contribution in [1.29, 1.82) is 0 Å². The average Bonchev–Trinajstić information content (AvgIpc) is 2.26. The molecule has 2 unspecified atom stereocenters. The summed E-state index contributed by atoms with van der Waals surface area (Å²) in [6.07, 6.45) is 4.72. The second-order valence-electron chi connectivity index (χ2n) is 4.78. The van der Waals surface area contributed by atoms with Crippen molar-refractivity contribution >= 4 is 5.78 Å². The molecule has 0 aliphatic carbocycles. The monoisotopic (exact) mass is 212 g/mol. The normalized spacial score (nSPS) is 24.1. The quantitative estimate of drug-likeness (QED) is 0.722. The summed E-state index contributed by atoms with van der Waals surface area (Å²) in [6, 6.07) is 0.555. The Morgan fingerprint density at radius 2 is 2.20 bits per heavy atom. The zero-order valence-electron chi connectivity index (χ0n) is 10.2. The third kappa shape index (κ3) is 3.92. The Kier molecular flexibility index (Phi) is 5.26. The maximum atomic E-state index is 11.9. The number of hydrogen-bond acceptors (Lipinski definition) is 3. The molecule has 1 heterocycles.